The summed E-state index contributed by atoms with van der Waals surface area (Å²) in [6, 6.07) is 6.66. The zero-order valence-corrected chi connectivity index (χ0v) is 18.0. The lowest BCUT2D eigenvalue weighted by Crippen LogP contribution is -2.60. The van der Waals surface area contributed by atoms with Crippen LogP contribution in [0.25, 0.3) is 0 Å². The minimum atomic E-state index is -0.207. The number of halogens is 1. The largest absolute Gasteiger partial charge is 0.379 e. The molecule has 3 fully saturated rings. The van der Waals surface area contributed by atoms with Gasteiger partial charge >= 0.3 is 0 Å². The van der Waals surface area contributed by atoms with Crippen molar-refractivity contribution in [3.63, 3.8) is 0 Å². The molecular weight excluding hydrogens is 383 g/mol. The minimum Gasteiger partial charge on any atom is -0.379 e. The van der Waals surface area contributed by atoms with Crippen LogP contribution in [-0.4, -0.2) is 86.8 Å². The summed E-state index contributed by atoms with van der Waals surface area (Å²) in [5.41, 5.74) is 1.16. The topological polar surface area (TPSA) is 48.1 Å². The van der Waals surface area contributed by atoms with E-state index in [0.29, 0.717) is 6.54 Å². The summed E-state index contributed by atoms with van der Waals surface area (Å²) >= 11 is 0. The molecule has 2 saturated heterocycles. The standard InChI is InChI=1S/C23H35FN4O2/c24-20-4-6-21(7-5-20)27-12-10-26(11-13-27)18-22(29)25-19-23(8-2-1-3-9-23)28-14-16-30-17-15-28/h4-7H,1-3,8-19H2,(H,25,29). The Kier molecular flexibility index (Phi) is 7.23. The number of nitrogens with zero attached hydrogens (tertiary/aromatic N) is 3. The summed E-state index contributed by atoms with van der Waals surface area (Å²) in [5, 5.41) is 3.27. The van der Waals surface area contributed by atoms with Gasteiger partial charge in [0.25, 0.3) is 0 Å². The van der Waals surface area contributed by atoms with Crippen molar-refractivity contribution in [1.82, 2.24) is 15.1 Å². The van der Waals surface area contributed by atoms with Crippen LogP contribution in [0.3, 0.4) is 0 Å². The van der Waals surface area contributed by atoms with Crippen molar-refractivity contribution < 1.29 is 13.9 Å². The molecule has 4 rings (SSSR count). The number of amides is 1. The first-order chi connectivity index (χ1) is 14.6. The van der Waals surface area contributed by atoms with Crippen LogP contribution in [0, 0.1) is 5.82 Å². The van der Waals surface area contributed by atoms with E-state index in [1.807, 2.05) is 12.1 Å². The number of ether oxygens (including phenoxy) is 1. The van der Waals surface area contributed by atoms with E-state index in [4.69, 9.17) is 4.74 Å². The predicted molar refractivity (Wildman–Crippen MR) is 116 cm³/mol. The van der Waals surface area contributed by atoms with Crippen LogP contribution in [0.2, 0.25) is 0 Å². The normalized spacial score (nSPS) is 23.3. The second-order valence-electron chi connectivity index (χ2n) is 8.90. The molecule has 6 nitrogen and oxygen atoms in total. The van der Waals surface area contributed by atoms with E-state index in [9.17, 15) is 9.18 Å². The molecule has 7 heteroatoms. The van der Waals surface area contributed by atoms with Crippen molar-refractivity contribution in [1.29, 1.82) is 0 Å². The first-order valence-corrected chi connectivity index (χ1v) is 11.5. The van der Waals surface area contributed by atoms with Gasteiger partial charge in [0.05, 0.1) is 19.8 Å². The Hall–Kier alpha value is -1.70. The molecule has 1 saturated carbocycles. The number of nitrogens with one attached hydrogen (secondary N) is 1. The monoisotopic (exact) mass is 418 g/mol. The van der Waals surface area contributed by atoms with Crippen molar-refractivity contribution in [3.05, 3.63) is 30.1 Å². The van der Waals surface area contributed by atoms with Crippen LogP contribution in [0.4, 0.5) is 10.1 Å². The van der Waals surface area contributed by atoms with Crippen molar-refractivity contribution in [2.24, 2.45) is 0 Å². The first-order valence-electron chi connectivity index (χ1n) is 11.5. The van der Waals surface area contributed by atoms with Crippen molar-refractivity contribution in [2.45, 2.75) is 37.6 Å². The molecule has 1 aliphatic carbocycles. The zero-order valence-electron chi connectivity index (χ0n) is 18.0. The Bertz CT molecular complexity index is 679. The minimum absolute atomic E-state index is 0.110. The summed E-state index contributed by atoms with van der Waals surface area (Å²) in [5.74, 6) is -0.0784. The molecular formula is C23H35FN4O2. The highest BCUT2D eigenvalue weighted by Crippen LogP contribution is 2.33. The number of hydrogen-bond acceptors (Lipinski definition) is 5. The van der Waals surface area contributed by atoms with Gasteiger partial charge in [-0.25, -0.2) is 4.39 Å². The molecule has 166 valence electrons. The second kappa shape index (κ2) is 10.1. The van der Waals surface area contributed by atoms with Crippen LogP contribution in [0.15, 0.2) is 24.3 Å². The third-order valence-corrected chi connectivity index (χ3v) is 7.01. The van der Waals surface area contributed by atoms with E-state index in [-0.39, 0.29) is 17.3 Å². The highest BCUT2D eigenvalue weighted by Gasteiger charge is 2.38. The lowest BCUT2D eigenvalue weighted by Gasteiger charge is -2.48. The van der Waals surface area contributed by atoms with Gasteiger partial charge in [-0.2, -0.15) is 0 Å². The molecule has 0 aromatic heterocycles. The number of rotatable bonds is 6. The molecule has 0 radical (unpaired) electrons. The maximum Gasteiger partial charge on any atom is 0.234 e. The fourth-order valence-electron chi connectivity index (χ4n) is 5.19. The molecule has 2 aliphatic heterocycles. The molecule has 0 bridgehead atoms. The highest BCUT2D eigenvalue weighted by atomic mass is 19.1. The Morgan fingerprint density at radius 1 is 0.967 bits per heavy atom. The van der Waals surface area contributed by atoms with E-state index in [1.165, 1.54) is 44.2 Å². The maximum atomic E-state index is 13.1. The third kappa shape index (κ3) is 5.31. The van der Waals surface area contributed by atoms with Gasteiger partial charge in [0, 0.05) is 57.0 Å². The fourth-order valence-corrected chi connectivity index (χ4v) is 5.19. The first kappa shape index (κ1) is 21.5. The number of carbonyl (C=O) groups excluding carboxylic acids is 1. The van der Waals surface area contributed by atoms with Crippen molar-refractivity contribution >= 4 is 11.6 Å². The molecule has 0 atom stereocenters. The number of carbonyl (C=O) groups is 1. The Morgan fingerprint density at radius 2 is 1.63 bits per heavy atom. The van der Waals surface area contributed by atoms with E-state index < -0.39 is 0 Å². The van der Waals surface area contributed by atoms with E-state index in [2.05, 4.69) is 20.0 Å². The number of morpholine rings is 1. The summed E-state index contributed by atoms with van der Waals surface area (Å²) in [4.78, 5) is 19.8. The van der Waals surface area contributed by atoms with Crippen LogP contribution in [0.5, 0.6) is 0 Å². The quantitative estimate of drug-likeness (QED) is 0.767. The van der Waals surface area contributed by atoms with Gasteiger partial charge in [0.15, 0.2) is 0 Å². The Morgan fingerprint density at radius 3 is 2.30 bits per heavy atom. The van der Waals surface area contributed by atoms with Gasteiger partial charge in [0.2, 0.25) is 5.91 Å². The van der Waals surface area contributed by atoms with E-state index in [0.717, 1.165) is 64.7 Å². The molecule has 2 heterocycles. The second-order valence-corrected chi connectivity index (χ2v) is 8.90. The molecule has 1 amide bonds. The van der Waals surface area contributed by atoms with E-state index >= 15 is 0 Å². The summed E-state index contributed by atoms with van der Waals surface area (Å²) < 4.78 is 18.7. The van der Waals surface area contributed by atoms with Crippen molar-refractivity contribution in [3.8, 4) is 0 Å². The highest BCUT2D eigenvalue weighted by molar-refractivity contribution is 5.78. The molecule has 3 aliphatic rings. The molecule has 1 aromatic carbocycles. The van der Waals surface area contributed by atoms with Crippen LogP contribution in [-0.2, 0) is 9.53 Å². The SMILES string of the molecule is O=C(CN1CCN(c2ccc(F)cc2)CC1)NCC1(N2CCOCC2)CCCCC1. The lowest BCUT2D eigenvalue weighted by atomic mass is 9.79. The van der Waals surface area contributed by atoms with Gasteiger partial charge in [-0.15, -0.1) is 0 Å². The summed E-state index contributed by atoms with van der Waals surface area (Å²) in [7, 11) is 0. The number of anilines is 1. The molecule has 0 unspecified atom stereocenters. The maximum absolute atomic E-state index is 13.1. The van der Waals surface area contributed by atoms with E-state index in [1.54, 1.807) is 0 Å². The summed E-state index contributed by atoms with van der Waals surface area (Å²) in [6.45, 7) is 8.16. The van der Waals surface area contributed by atoms with Crippen LogP contribution < -0.4 is 10.2 Å². The smallest absolute Gasteiger partial charge is 0.234 e. The summed E-state index contributed by atoms with van der Waals surface area (Å²) in [6.07, 6.45) is 6.14. The third-order valence-electron chi connectivity index (χ3n) is 7.01. The number of benzene rings is 1. The molecule has 30 heavy (non-hydrogen) atoms. The van der Waals surface area contributed by atoms with Gasteiger partial charge in [-0.3, -0.25) is 14.6 Å². The lowest BCUT2D eigenvalue weighted by molar-refractivity contribution is -0.123. The van der Waals surface area contributed by atoms with Crippen LogP contribution in [0.1, 0.15) is 32.1 Å². The van der Waals surface area contributed by atoms with Crippen LogP contribution >= 0.6 is 0 Å². The molecule has 0 spiro atoms. The van der Waals surface area contributed by atoms with Crippen molar-refractivity contribution in [2.75, 3.05) is 70.5 Å². The Labute approximate surface area is 179 Å². The molecule has 1 aromatic rings. The number of piperazine rings is 1. The van der Waals surface area contributed by atoms with Gasteiger partial charge in [-0.05, 0) is 37.1 Å². The average molecular weight is 419 g/mol. The number of hydrogen-bond donors (Lipinski definition) is 1. The average Bonchev–Trinajstić information content (AvgIpc) is 2.80. The molecule has 1 N–H and O–H groups in total. The Balaban J connectivity index is 1.24. The predicted octanol–water partition coefficient (Wildman–Crippen LogP) is 2.10. The van der Waals surface area contributed by atoms with Gasteiger partial charge in [0.1, 0.15) is 5.82 Å². The van der Waals surface area contributed by atoms with Gasteiger partial charge in [-0.1, -0.05) is 19.3 Å². The van der Waals surface area contributed by atoms with Gasteiger partial charge < -0.3 is 15.0 Å². The fraction of sp³-hybridized carbons (Fsp3) is 0.696. The zero-order chi connectivity index (χ0) is 20.8.